The first kappa shape index (κ1) is 18.4. The van der Waals surface area contributed by atoms with Crippen molar-refractivity contribution in [1.29, 1.82) is 0 Å². The van der Waals surface area contributed by atoms with E-state index in [2.05, 4.69) is 15.6 Å². The normalized spacial score (nSPS) is 21.3. The average Bonchev–Trinajstić information content (AvgIpc) is 2.88. The van der Waals surface area contributed by atoms with Crippen LogP contribution in [0, 0.1) is 0 Å². The van der Waals surface area contributed by atoms with E-state index in [4.69, 9.17) is 0 Å². The molecule has 0 aliphatic carbocycles. The molecule has 0 saturated carbocycles. The number of carbonyl (C=O) groups is 1. The number of benzene rings is 1. The van der Waals surface area contributed by atoms with Gasteiger partial charge >= 0.3 is 6.03 Å². The topological polar surface area (TPSA) is 88.2 Å². The van der Waals surface area contributed by atoms with Crippen molar-refractivity contribution in [3.63, 3.8) is 0 Å². The van der Waals surface area contributed by atoms with Gasteiger partial charge in [-0.3, -0.25) is 4.98 Å². The molecule has 0 bridgehead atoms. The maximum absolute atomic E-state index is 12.2. The minimum Gasteiger partial charge on any atom is -0.332 e. The van der Waals surface area contributed by atoms with Crippen LogP contribution in [0.4, 0.5) is 10.5 Å². The summed E-state index contributed by atoms with van der Waals surface area (Å²) < 4.78 is 23.2. The second-order valence-electron chi connectivity index (χ2n) is 7.00. The van der Waals surface area contributed by atoms with E-state index in [-0.39, 0.29) is 17.5 Å². The molecule has 2 heterocycles. The van der Waals surface area contributed by atoms with E-state index in [0.717, 1.165) is 24.1 Å². The van der Waals surface area contributed by atoms with Gasteiger partial charge in [0.25, 0.3) is 0 Å². The first-order valence-corrected chi connectivity index (χ1v) is 10.4. The molecule has 1 atom stereocenters. The van der Waals surface area contributed by atoms with Crippen LogP contribution in [-0.2, 0) is 22.7 Å². The van der Waals surface area contributed by atoms with Gasteiger partial charge in [-0.1, -0.05) is 18.2 Å². The number of anilines is 1. The number of sulfone groups is 1. The Labute approximate surface area is 154 Å². The number of carbonyl (C=O) groups excluding carboxylic acids is 1. The number of aromatic nitrogens is 1. The van der Waals surface area contributed by atoms with Crippen molar-refractivity contribution >= 4 is 21.6 Å². The molecule has 0 radical (unpaired) electrons. The third-order valence-corrected chi connectivity index (χ3v) is 6.43. The Kier molecular flexibility index (Phi) is 5.27. The van der Waals surface area contributed by atoms with Crippen molar-refractivity contribution in [2.24, 2.45) is 0 Å². The van der Waals surface area contributed by atoms with Crippen LogP contribution in [0.2, 0.25) is 0 Å². The average molecular weight is 373 g/mol. The zero-order valence-electron chi connectivity index (χ0n) is 14.7. The molecule has 6 nitrogen and oxygen atoms in total. The van der Waals surface area contributed by atoms with Crippen molar-refractivity contribution in [3.05, 3.63) is 59.9 Å². The summed E-state index contributed by atoms with van der Waals surface area (Å²) in [4.78, 5) is 16.5. The van der Waals surface area contributed by atoms with Crippen molar-refractivity contribution in [2.45, 2.75) is 31.7 Å². The van der Waals surface area contributed by atoms with E-state index >= 15 is 0 Å². The van der Waals surface area contributed by atoms with Crippen LogP contribution in [0.25, 0.3) is 0 Å². The summed E-state index contributed by atoms with van der Waals surface area (Å²) in [6, 6.07) is 13.1. The fourth-order valence-electron chi connectivity index (χ4n) is 3.12. The Balaban J connectivity index is 1.51. The Morgan fingerprint density at radius 3 is 2.54 bits per heavy atom. The van der Waals surface area contributed by atoms with Gasteiger partial charge < -0.3 is 10.6 Å². The van der Waals surface area contributed by atoms with Crippen LogP contribution in [0.3, 0.4) is 0 Å². The quantitative estimate of drug-likeness (QED) is 0.843. The van der Waals surface area contributed by atoms with Gasteiger partial charge in [0.1, 0.15) is 0 Å². The smallest absolute Gasteiger partial charge is 0.319 e. The first-order chi connectivity index (χ1) is 12.3. The lowest BCUT2D eigenvalue weighted by molar-refractivity contribution is 0.242. The number of hydrogen-bond acceptors (Lipinski definition) is 4. The second-order valence-corrected chi connectivity index (χ2v) is 9.18. The van der Waals surface area contributed by atoms with Crippen LogP contribution < -0.4 is 10.6 Å². The highest BCUT2D eigenvalue weighted by Crippen LogP contribution is 2.23. The van der Waals surface area contributed by atoms with Gasteiger partial charge in [0, 0.05) is 17.6 Å². The summed E-state index contributed by atoms with van der Waals surface area (Å²) in [5, 5.41) is 5.55. The van der Waals surface area contributed by atoms with Gasteiger partial charge in [-0.15, -0.1) is 0 Å². The highest BCUT2D eigenvalue weighted by Gasteiger charge is 2.39. The summed E-state index contributed by atoms with van der Waals surface area (Å²) in [5.41, 5.74) is 2.18. The molecule has 1 fully saturated rings. The fraction of sp³-hybridized carbons (Fsp3) is 0.368. The molecule has 1 saturated heterocycles. The lowest BCUT2D eigenvalue weighted by atomic mass is 10.0. The molecule has 1 aromatic carbocycles. The molecule has 2 N–H and O–H groups in total. The monoisotopic (exact) mass is 373 g/mol. The highest BCUT2D eigenvalue weighted by molar-refractivity contribution is 7.91. The number of rotatable bonds is 5. The number of pyridine rings is 1. The van der Waals surface area contributed by atoms with E-state index in [9.17, 15) is 13.2 Å². The molecule has 7 heteroatoms. The largest absolute Gasteiger partial charge is 0.332 e. The number of urea groups is 1. The Morgan fingerprint density at radius 1 is 1.15 bits per heavy atom. The Bertz CT molecular complexity index is 867. The number of hydrogen-bond donors (Lipinski definition) is 2. The molecule has 138 valence electrons. The van der Waals surface area contributed by atoms with Crippen molar-refractivity contribution < 1.29 is 13.2 Å². The van der Waals surface area contributed by atoms with Gasteiger partial charge in [0.2, 0.25) is 0 Å². The maximum atomic E-state index is 12.2. The molecule has 0 spiro atoms. The van der Waals surface area contributed by atoms with E-state index in [1.165, 1.54) is 0 Å². The van der Waals surface area contributed by atoms with Gasteiger partial charge in [-0.2, -0.15) is 0 Å². The number of nitrogens with zero attached hydrogens (tertiary/aromatic N) is 1. The SMILES string of the molecule is CC1(NC(=O)Nc2ccc(CCc3ccccn3)cc2)CCS(=O)(=O)C1. The predicted molar refractivity (Wildman–Crippen MR) is 102 cm³/mol. The van der Waals surface area contributed by atoms with Crippen LogP contribution >= 0.6 is 0 Å². The molecule has 1 unspecified atom stereocenters. The molecule has 1 aliphatic rings. The van der Waals surface area contributed by atoms with Gasteiger partial charge in [0.05, 0.1) is 17.0 Å². The molecule has 3 rings (SSSR count). The summed E-state index contributed by atoms with van der Waals surface area (Å²) in [5.74, 6) is 0.106. The number of amides is 2. The van der Waals surface area contributed by atoms with Crippen LogP contribution in [0.5, 0.6) is 0 Å². The summed E-state index contributed by atoms with van der Waals surface area (Å²) in [7, 11) is -3.05. The zero-order valence-corrected chi connectivity index (χ0v) is 15.6. The minimum absolute atomic E-state index is 0.0140. The maximum Gasteiger partial charge on any atom is 0.319 e. The molecule has 1 aliphatic heterocycles. The van der Waals surface area contributed by atoms with Gasteiger partial charge in [-0.25, -0.2) is 13.2 Å². The van der Waals surface area contributed by atoms with E-state index in [0.29, 0.717) is 12.1 Å². The molecular formula is C19H23N3O3S. The standard InChI is InChI=1S/C19H23N3O3S/c1-19(11-13-26(24,25)14-19)22-18(23)21-17-9-6-15(7-10-17)5-8-16-4-2-3-12-20-16/h2-4,6-7,9-10,12H,5,8,11,13-14H2,1H3,(H2,21,22,23). The summed E-state index contributed by atoms with van der Waals surface area (Å²) >= 11 is 0. The van der Waals surface area contributed by atoms with Crippen molar-refractivity contribution in [3.8, 4) is 0 Å². The Morgan fingerprint density at radius 2 is 1.92 bits per heavy atom. The van der Waals surface area contributed by atoms with E-state index < -0.39 is 15.4 Å². The van der Waals surface area contributed by atoms with Crippen LogP contribution in [0.15, 0.2) is 48.7 Å². The fourth-order valence-corrected chi connectivity index (χ4v) is 5.21. The Hall–Kier alpha value is -2.41. The molecule has 2 aromatic rings. The highest BCUT2D eigenvalue weighted by atomic mass is 32.2. The lowest BCUT2D eigenvalue weighted by Crippen LogP contribution is -2.48. The number of aryl methyl sites for hydroxylation is 2. The molecule has 26 heavy (non-hydrogen) atoms. The molecule has 1 aromatic heterocycles. The third kappa shape index (κ3) is 5.05. The van der Waals surface area contributed by atoms with Gasteiger partial charge in [0.15, 0.2) is 9.84 Å². The van der Waals surface area contributed by atoms with Crippen LogP contribution in [0.1, 0.15) is 24.6 Å². The third-order valence-electron chi connectivity index (χ3n) is 4.53. The van der Waals surface area contributed by atoms with Crippen molar-refractivity contribution in [2.75, 3.05) is 16.8 Å². The van der Waals surface area contributed by atoms with E-state index in [1.54, 1.807) is 13.1 Å². The zero-order chi connectivity index (χ0) is 18.6. The predicted octanol–water partition coefficient (Wildman–Crippen LogP) is 2.57. The summed E-state index contributed by atoms with van der Waals surface area (Å²) in [6.07, 6.45) is 3.96. The van der Waals surface area contributed by atoms with Gasteiger partial charge in [-0.05, 0) is 56.0 Å². The van der Waals surface area contributed by atoms with E-state index in [1.807, 2.05) is 42.5 Å². The lowest BCUT2D eigenvalue weighted by Gasteiger charge is -2.24. The summed E-state index contributed by atoms with van der Waals surface area (Å²) in [6.45, 7) is 1.76. The number of nitrogens with one attached hydrogen (secondary N) is 2. The van der Waals surface area contributed by atoms with Crippen LogP contribution in [-0.4, -0.2) is 36.5 Å². The minimum atomic E-state index is -3.05. The molecule has 2 amide bonds. The molecular weight excluding hydrogens is 350 g/mol. The second kappa shape index (κ2) is 7.45. The van der Waals surface area contributed by atoms with Crippen molar-refractivity contribution in [1.82, 2.24) is 10.3 Å². The first-order valence-electron chi connectivity index (χ1n) is 8.62.